The Hall–Kier alpha value is -0.820. The van der Waals surface area contributed by atoms with Crippen molar-refractivity contribution in [1.82, 2.24) is 4.90 Å². The van der Waals surface area contributed by atoms with Crippen molar-refractivity contribution in [3.8, 4) is 0 Å². The lowest BCUT2D eigenvalue weighted by atomic mass is 10.1. The van der Waals surface area contributed by atoms with Crippen LogP contribution in [0, 0.1) is 0 Å². The van der Waals surface area contributed by atoms with E-state index in [2.05, 4.69) is 50.2 Å². The number of aryl methyl sites for hydroxylation is 2. The van der Waals surface area contributed by atoms with Crippen molar-refractivity contribution in [3.05, 3.63) is 35.4 Å². The summed E-state index contributed by atoms with van der Waals surface area (Å²) in [5.74, 6) is 0. The second-order valence-electron chi connectivity index (χ2n) is 4.08. The topological polar surface area (TPSA) is 3.24 Å². The number of benzene rings is 1. The van der Waals surface area contributed by atoms with Crippen molar-refractivity contribution in [2.45, 2.75) is 26.2 Å². The van der Waals surface area contributed by atoms with E-state index in [1.165, 1.54) is 30.5 Å². The van der Waals surface area contributed by atoms with Crippen molar-refractivity contribution in [2.75, 3.05) is 20.6 Å². The molecule has 1 aromatic rings. The predicted molar refractivity (Wildman–Crippen MR) is 62.7 cm³/mol. The van der Waals surface area contributed by atoms with Gasteiger partial charge in [0, 0.05) is 0 Å². The maximum Gasteiger partial charge on any atom is -0.00217 e. The van der Waals surface area contributed by atoms with Gasteiger partial charge in [0.05, 0.1) is 0 Å². The number of hydrogen-bond donors (Lipinski definition) is 0. The van der Waals surface area contributed by atoms with Crippen molar-refractivity contribution in [3.63, 3.8) is 0 Å². The van der Waals surface area contributed by atoms with Gasteiger partial charge in [0.1, 0.15) is 0 Å². The smallest absolute Gasteiger partial charge is 0.00217 e. The molecule has 14 heavy (non-hydrogen) atoms. The van der Waals surface area contributed by atoms with Crippen LogP contribution in [0.1, 0.15) is 24.5 Å². The minimum Gasteiger partial charge on any atom is -0.309 e. The molecule has 1 aromatic carbocycles. The molecule has 0 aliphatic carbocycles. The second kappa shape index (κ2) is 5.82. The van der Waals surface area contributed by atoms with Gasteiger partial charge in [-0.2, -0.15) is 0 Å². The largest absolute Gasteiger partial charge is 0.309 e. The normalized spacial score (nSPS) is 10.9. The Morgan fingerprint density at radius 1 is 1.00 bits per heavy atom. The minimum absolute atomic E-state index is 1.14. The minimum atomic E-state index is 1.14. The number of rotatable bonds is 5. The van der Waals surface area contributed by atoms with Crippen LogP contribution in [0.15, 0.2) is 24.3 Å². The molecular formula is C13H21N. The molecule has 1 heteroatoms. The van der Waals surface area contributed by atoms with Crippen molar-refractivity contribution in [1.29, 1.82) is 0 Å². The first-order valence-corrected chi connectivity index (χ1v) is 5.45. The van der Waals surface area contributed by atoms with Gasteiger partial charge in [0.15, 0.2) is 0 Å². The standard InChI is InChI=1S/C13H21N/c1-4-12-7-9-13(10-8-12)6-5-11-14(2)3/h7-10H,4-6,11H2,1-3H3. The summed E-state index contributed by atoms with van der Waals surface area (Å²) in [6.07, 6.45) is 3.58. The molecule has 0 spiro atoms. The fourth-order valence-corrected chi connectivity index (χ4v) is 1.54. The number of hydrogen-bond acceptors (Lipinski definition) is 1. The van der Waals surface area contributed by atoms with E-state index in [1.807, 2.05) is 0 Å². The second-order valence-corrected chi connectivity index (χ2v) is 4.08. The van der Waals surface area contributed by atoms with Gasteiger partial charge in [-0.25, -0.2) is 0 Å². The molecule has 0 amide bonds. The zero-order valence-electron chi connectivity index (χ0n) is 9.59. The molecule has 0 bridgehead atoms. The molecule has 1 rings (SSSR count). The van der Waals surface area contributed by atoms with Crippen LogP contribution in [0.25, 0.3) is 0 Å². The molecule has 0 aliphatic rings. The van der Waals surface area contributed by atoms with E-state index in [9.17, 15) is 0 Å². The molecule has 0 heterocycles. The van der Waals surface area contributed by atoms with Gasteiger partial charge in [0.2, 0.25) is 0 Å². The highest BCUT2D eigenvalue weighted by molar-refractivity contribution is 5.22. The Bertz CT molecular complexity index is 248. The monoisotopic (exact) mass is 191 g/mol. The SMILES string of the molecule is CCc1ccc(CCCN(C)C)cc1. The van der Waals surface area contributed by atoms with E-state index in [0.717, 1.165) is 6.42 Å². The molecule has 0 radical (unpaired) electrons. The maximum absolute atomic E-state index is 2.26. The van der Waals surface area contributed by atoms with Gasteiger partial charge < -0.3 is 4.90 Å². The van der Waals surface area contributed by atoms with Crippen molar-refractivity contribution >= 4 is 0 Å². The van der Waals surface area contributed by atoms with Crippen LogP contribution in [0.5, 0.6) is 0 Å². The Kier molecular flexibility index (Phi) is 4.68. The Balaban J connectivity index is 2.36. The summed E-state index contributed by atoms with van der Waals surface area (Å²) in [6.45, 7) is 3.37. The van der Waals surface area contributed by atoms with E-state index in [1.54, 1.807) is 0 Å². The summed E-state index contributed by atoms with van der Waals surface area (Å²) in [5, 5.41) is 0. The highest BCUT2D eigenvalue weighted by Gasteiger charge is 1.95. The molecule has 0 fully saturated rings. The predicted octanol–water partition coefficient (Wildman–Crippen LogP) is 2.74. The first-order chi connectivity index (χ1) is 6.72. The highest BCUT2D eigenvalue weighted by Crippen LogP contribution is 2.07. The lowest BCUT2D eigenvalue weighted by Crippen LogP contribution is -2.13. The summed E-state index contributed by atoms with van der Waals surface area (Å²) < 4.78 is 0. The average Bonchev–Trinajstić information content (AvgIpc) is 2.18. The third-order valence-corrected chi connectivity index (χ3v) is 2.50. The summed E-state index contributed by atoms with van der Waals surface area (Å²) in [4.78, 5) is 2.24. The van der Waals surface area contributed by atoms with E-state index in [-0.39, 0.29) is 0 Å². The first-order valence-electron chi connectivity index (χ1n) is 5.45. The van der Waals surface area contributed by atoms with E-state index < -0.39 is 0 Å². The molecule has 0 aromatic heterocycles. The lowest BCUT2D eigenvalue weighted by Gasteiger charge is -2.08. The van der Waals surface area contributed by atoms with Crippen molar-refractivity contribution < 1.29 is 0 Å². The summed E-state index contributed by atoms with van der Waals surface area (Å²) >= 11 is 0. The van der Waals surface area contributed by atoms with Crippen LogP contribution in [-0.2, 0) is 12.8 Å². The van der Waals surface area contributed by atoms with Crippen LogP contribution < -0.4 is 0 Å². The third kappa shape index (κ3) is 3.93. The van der Waals surface area contributed by atoms with Gasteiger partial charge in [-0.1, -0.05) is 31.2 Å². The number of nitrogens with zero attached hydrogens (tertiary/aromatic N) is 1. The Morgan fingerprint density at radius 3 is 2.07 bits per heavy atom. The van der Waals surface area contributed by atoms with Crippen LogP contribution >= 0.6 is 0 Å². The molecule has 0 saturated carbocycles. The lowest BCUT2D eigenvalue weighted by molar-refractivity contribution is 0.400. The molecule has 0 N–H and O–H groups in total. The molecule has 78 valence electrons. The Labute approximate surface area is 87.7 Å². The summed E-state index contributed by atoms with van der Waals surface area (Å²) in [6, 6.07) is 9.00. The zero-order valence-corrected chi connectivity index (χ0v) is 9.59. The quantitative estimate of drug-likeness (QED) is 0.691. The summed E-state index contributed by atoms with van der Waals surface area (Å²) in [5.41, 5.74) is 2.89. The molecule has 0 aliphatic heterocycles. The third-order valence-electron chi connectivity index (χ3n) is 2.50. The van der Waals surface area contributed by atoms with Crippen LogP contribution in [0.4, 0.5) is 0 Å². The molecule has 0 atom stereocenters. The maximum atomic E-state index is 2.26. The van der Waals surface area contributed by atoms with Crippen molar-refractivity contribution in [2.24, 2.45) is 0 Å². The Morgan fingerprint density at radius 2 is 1.57 bits per heavy atom. The first kappa shape index (κ1) is 11.3. The average molecular weight is 191 g/mol. The molecular weight excluding hydrogens is 170 g/mol. The van der Waals surface area contributed by atoms with E-state index in [0.29, 0.717) is 0 Å². The van der Waals surface area contributed by atoms with Crippen LogP contribution in [0.3, 0.4) is 0 Å². The molecule has 0 saturated heterocycles. The fraction of sp³-hybridized carbons (Fsp3) is 0.538. The molecule has 1 nitrogen and oxygen atoms in total. The van der Waals surface area contributed by atoms with Gasteiger partial charge in [0.25, 0.3) is 0 Å². The fourth-order valence-electron chi connectivity index (χ4n) is 1.54. The summed E-state index contributed by atoms with van der Waals surface area (Å²) in [7, 11) is 4.25. The van der Waals surface area contributed by atoms with Gasteiger partial charge in [-0.05, 0) is 51.0 Å². The van der Waals surface area contributed by atoms with E-state index in [4.69, 9.17) is 0 Å². The van der Waals surface area contributed by atoms with Gasteiger partial charge in [-0.15, -0.1) is 0 Å². The van der Waals surface area contributed by atoms with Gasteiger partial charge in [-0.3, -0.25) is 0 Å². The zero-order chi connectivity index (χ0) is 10.4. The van der Waals surface area contributed by atoms with Crippen LogP contribution in [0.2, 0.25) is 0 Å². The highest BCUT2D eigenvalue weighted by atomic mass is 15.0. The molecule has 0 unspecified atom stereocenters. The van der Waals surface area contributed by atoms with Gasteiger partial charge >= 0.3 is 0 Å². The van der Waals surface area contributed by atoms with Crippen LogP contribution in [-0.4, -0.2) is 25.5 Å². The van der Waals surface area contributed by atoms with E-state index >= 15 is 0 Å².